The van der Waals surface area contributed by atoms with Crippen molar-refractivity contribution in [2.45, 2.75) is 12.5 Å². The zero-order chi connectivity index (χ0) is 14.3. The Bertz CT molecular complexity index is 628. The fraction of sp³-hybridized carbons (Fsp3) is 0.438. The van der Waals surface area contributed by atoms with E-state index in [1.54, 1.807) is 6.33 Å². The molecule has 1 fully saturated rings. The van der Waals surface area contributed by atoms with Crippen LogP contribution in [-0.2, 0) is 6.54 Å². The number of benzene rings is 1. The van der Waals surface area contributed by atoms with Gasteiger partial charge in [-0.3, -0.25) is 4.90 Å². The van der Waals surface area contributed by atoms with Crippen LogP contribution in [-0.4, -0.2) is 46.3 Å². The van der Waals surface area contributed by atoms with Gasteiger partial charge in [-0.2, -0.15) is 0 Å². The molecule has 3 heterocycles. The monoisotopic (exact) mass is 285 g/mol. The average Bonchev–Trinajstić information content (AvgIpc) is 3.15. The number of ether oxygens (including phenoxy) is 1. The van der Waals surface area contributed by atoms with E-state index in [1.165, 1.54) is 5.56 Å². The Morgan fingerprint density at radius 1 is 1.43 bits per heavy atom. The molecule has 21 heavy (non-hydrogen) atoms. The molecule has 2 aromatic rings. The fourth-order valence-electron chi connectivity index (χ4n) is 3.71. The van der Waals surface area contributed by atoms with Crippen molar-refractivity contribution in [3.63, 3.8) is 0 Å². The Balaban J connectivity index is 1.63. The summed E-state index contributed by atoms with van der Waals surface area (Å²) in [7, 11) is 0. The third-order valence-electron chi connectivity index (χ3n) is 4.79. The number of nitrogens with one attached hydrogen (secondary N) is 1. The highest BCUT2D eigenvalue weighted by atomic mass is 16.5. The lowest BCUT2D eigenvalue weighted by molar-refractivity contribution is 0.0457. The van der Waals surface area contributed by atoms with Crippen LogP contribution in [0.25, 0.3) is 0 Å². The molecule has 5 nitrogen and oxygen atoms in total. The van der Waals surface area contributed by atoms with Crippen molar-refractivity contribution in [1.29, 1.82) is 0 Å². The minimum absolute atomic E-state index is 0.158. The lowest BCUT2D eigenvalue weighted by Gasteiger charge is -2.38. The smallest absolute Gasteiger partial charge is 0.122 e. The van der Waals surface area contributed by atoms with Gasteiger partial charge in [0, 0.05) is 42.9 Å². The van der Waals surface area contributed by atoms with Gasteiger partial charge in [-0.15, -0.1) is 0 Å². The van der Waals surface area contributed by atoms with E-state index in [-0.39, 0.29) is 12.0 Å². The Morgan fingerprint density at radius 2 is 2.33 bits per heavy atom. The zero-order valence-corrected chi connectivity index (χ0v) is 11.8. The molecule has 1 aromatic carbocycles. The van der Waals surface area contributed by atoms with Crippen LogP contribution >= 0.6 is 0 Å². The summed E-state index contributed by atoms with van der Waals surface area (Å²) in [6.45, 7) is 3.37. The maximum Gasteiger partial charge on any atom is 0.122 e. The molecule has 5 heteroatoms. The molecule has 0 amide bonds. The maximum atomic E-state index is 9.99. The molecule has 2 aliphatic rings. The minimum Gasteiger partial charge on any atom is -0.493 e. The van der Waals surface area contributed by atoms with Crippen molar-refractivity contribution in [2.75, 3.05) is 26.3 Å². The van der Waals surface area contributed by atoms with Crippen LogP contribution in [0.2, 0.25) is 0 Å². The molecule has 2 aliphatic heterocycles. The molecule has 2 N–H and O–H groups in total. The number of aliphatic hydroxyl groups is 1. The predicted octanol–water partition coefficient (Wildman–Crippen LogP) is 1.38. The van der Waals surface area contributed by atoms with Gasteiger partial charge in [0.1, 0.15) is 5.75 Å². The standard InChI is InChI=1S/C16H19N3O2/c20-9-16-8-19(6-12-5-17-11-18-12)7-14(16)13-3-1-2-4-15(13)21-10-16/h1-5,11,14,20H,6-10H2,(H,17,18)/t14-,16-/m1/s1. The van der Waals surface area contributed by atoms with Crippen molar-refractivity contribution in [3.05, 3.63) is 48.0 Å². The quantitative estimate of drug-likeness (QED) is 0.894. The van der Waals surface area contributed by atoms with Gasteiger partial charge in [0.25, 0.3) is 0 Å². The zero-order valence-electron chi connectivity index (χ0n) is 11.8. The van der Waals surface area contributed by atoms with Gasteiger partial charge in [-0.25, -0.2) is 4.98 Å². The van der Waals surface area contributed by atoms with Crippen LogP contribution in [0.4, 0.5) is 0 Å². The van der Waals surface area contributed by atoms with Crippen LogP contribution in [0, 0.1) is 5.41 Å². The van der Waals surface area contributed by atoms with E-state index in [0.29, 0.717) is 12.5 Å². The molecular weight excluding hydrogens is 266 g/mol. The number of aromatic nitrogens is 2. The molecule has 0 aliphatic carbocycles. The van der Waals surface area contributed by atoms with Crippen molar-refractivity contribution in [3.8, 4) is 5.75 Å². The number of fused-ring (bicyclic) bond motifs is 3. The van der Waals surface area contributed by atoms with E-state index in [0.717, 1.165) is 31.1 Å². The SMILES string of the molecule is OC[C@]12COc3ccccc3[C@H]1CN(Cc1cnc[nH]1)C2. The van der Waals surface area contributed by atoms with E-state index >= 15 is 0 Å². The van der Waals surface area contributed by atoms with Gasteiger partial charge < -0.3 is 14.8 Å². The van der Waals surface area contributed by atoms with Gasteiger partial charge in [-0.1, -0.05) is 18.2 Å². The number of hydrogen-bond acceptors (Lipinski definition) is 4. The van der Waals surface area contributed by atoms with Crippen LogP contribution in [0.3, 0.4) is 0 Å². The number of aliphatic hydroxyl groups excluding tert-OH is 1. The van der Waals surface area contributed by atoms with Crippen LogP contribution in [0.1, 0.15) is 17.2 Å². The minimum atomic E-state index is -0.186. The maximum absolute atomic E-state index is 9.99. The normalized spacial score (nSPS) is 28.0. The summed E-state index contributed by atoms with van der Waals surface area (Å²) in [6, 6.07) is 8.20. The number of H-pyrrole nitrogens is 1. The molecule has 0 radical (unpaired) electrons. The predicted molar refractivity (Wildman–Crippen MR) is 78.1 cm³/mol. The highest BCUT2D eigenvalue weighted by Gasteiger charge is 2.50. The lowest BCUT2D eigenvalue weighted by atomic mass is 9.74. The first-order valence-corrected chi connectivity index (χ1v) is 7.33. The molecule has 110 valence electrons. The van der Waals surface area contributed by atoms with Crippen LogP contribution < -0.4 is 4.74 Å². The third-order valence-corrected chi connectivity index (χ3v) is 4.79. The fourth-order valence-corrected chi connectivity index (χ4v) is 3.71. The molecule has 4 rings (SSSR count). The molecule has 2 atom stereocenters. The van der Waals surface area contributed by atoms with Crippen molar-refractivity contribution < 1.29 is 9.84 Å². The number of hydrogen-bond donors (Lipinski definition) is 2. The van der Waals surface area contributed by atoms with Crippen LogP contribution in [0.15, 0.2) is 36.8 Å². The van der Waals surface area contributed by atoms with Gasteiger partial charge >= 0.3 is 0 Å². The van der Waals surface area contributed by atoms with Gasteiger partial charge in [0.15, 0.2) is 0 Å². The number of aromatic amines is 1. The summed E-state index contributed by atoms with van der Waals surface area (Å²) >= 11 is 0. The Hall–Kier alpha value is -1.85. The number of rotatable bonds is 3. The highest BCUT2D eigenvalue weighted by molar-refractivity contribution is 5.41. The summed E-state index contributed by atoms with van der Waals surface area (Å²) in [5.74, 6) is 1.30. The molecule has 0 unspecified atom stereocenters. The number of para-hydroxylation sites is 1. The molecule has 1 aromatic heterocycles. The number of imidazole rings is 1. The molecule has 0 bridgehead atoms. The Kier molecular flexibility index (Phi) is 2.97. The second-order valence-corrected chi connectivity index (χ2v) is 6.15. The first kappa shape index (κ1) is 12.9. The van der Waals surface area contributed by atoms with E-state index in [2.05, 4.69) is 20.9 Å². The Morgan fingerprint density at radius 3 is 3.14 bits per heavy atom. The number of nitrogens with zero attached hydrogens (tertiary/aromatic N) is 2. The average molecular weight is 285 g/mol. The van der Waals surface area contributed by atoms with Gasteiger partial charge in [0.05, 0.1) is 19.5 Å². The molecule has 0 saturated carbocycles. The van der Waals surface area contributed by atoms with E-state index < -0.39 is 0 Å². The molecule has 1 saturated heterocycles. The molecular formula is C16H19N3O2. The van der Waals surface area contributed by atoms with Crippen molar-refractivity contribution in [1.82, 2.24) is 14.9 Å². The topological polar surface area (TPSA) is 61.4 Å². The summed E-state index contributed by atoms with van der Waals surface area (Å²) in [5.41, 5.74) is 2.15. The van der Waals surface area contributed by atoms with E-state index in [4.69, 9.17) is 4.74 Å². The highest BCUT2D eigenvalue weighted by Crippen LogP contribution is 2.49. The second-order valence-electron chi connectivity index (χ2n) is 6.15. The van der Waals surface area contributed by atoms with Gasteiger partial charge in [0.2, 0.25) is 0 Å². The third kappa shape index (κ3) is 2.04. The lowest BCUT2D eigenvalue weighted by Crippen LogP contribution is -2.42. The van der Waals surface area contributed by atoms with E-state index in [9.17, 15) is 5.11 Å². The summed E-state index contributed by atoms with van der Waals surface area (Å²) in [5, 5.41) is 9.99. The Labute approximate surface area is 123 Å². The first-order chi connectivity index (χ1) is 10.3. The van der Waals surface area contributed by atoms with E-state index in [1.807, 2.05) is 24.4 Å². The molecule has 0 spiro atoms. The summed E-state index contributed by atoms with van der Waals surface area (Å²) in [6.07, 6.45) is 3.57. The second kappa shape index (κ2) is 4.86. The first-order valence-electron chi connectivity index (χ1n) is 7.33. The number of likely N-dealkylation sites (tertiary alicyclic amines) is 1. The van der Waals surface area contributed by atoms with Crippen molar-refractivity contribution >= 4 is 0 Å². The van der Waals surface area contributed by atoms with Crippen LogP contribution in [0.5, 0.6) is 5.75 Å². The summed E-state index contributed by atoms with van der Waals surface area (Å²) < 4.78 is 5.91. The summed E-state index contributed by atoms with van der Waals surface area (Å²) in [4.78, 5) is 9.60. The van der Waals surface area contributed by atoms with Crippen molar-refractivity contribution in [2.24, 2.45) is 5.41 Å². The van der Waals surface area contributed by atoms with Gasteiger partial charge in [-0.05, 0) is 11.6 Å². The largest absolute Gasteiger partial charge is 0.493 e.